The zero-order valence-electron chi connectivity index (χ0n) is 17.4. The molecule has 0 saturated carbocycles. The van der Waals surface area contributed by atoms with Crippen LogP contribution in [0, 0.1) is 0 Å². The largest absolute Gasteiger partial charge is 0.495 e. The summed E-state index contributed by atoms with van der Waals surface area (Å²) in [4.78, 5) is 24.7. The number of benzene rings is 2. The molecule has 2 aromatic carbocycles. The number of aromatic amines is 1. The smallest absolute Gasteiger partial charge is 0.251 e. The van der Waals surface area contributed by atoms with Gasteiger partial charge in [-0.15, -0.1) is 0 Å². The molecule has 0 spiro atoms. The van der Waals surface area contributed by atoms with Crippen LogP contribution in [0.5, 0.6) is 5.75 Å². The van der Waals surface area contributed by atoms with Crippen LogP contribution >= 0.6 is 11.6 Å². The van der Waals surface area contributed by atoms with E-state index >= 15 is 0 Å². The number of imidazole rings is 2. The summed E-state index contributed by atoms with van der Waals surface area (Å²) in [5.74, 6) is 1.77. The summed E-state index contributed by atoms with van der Waals surface area (Å²) in [7, 11) is 4.83. The van der Waals surface area contributed by atoms with Gasteiger partial charge < -0.3 is 24.3 Å². The summed E-state index contributed by atoms with van der Waals surface area (Å²) < 4.78 is 12.6. The number of halogens is 1. The van der Waals surface area contributed by atoms with Crippen LogP contribution in [0.2, 0.25) is 5.02 Å². The summed E-state index contributed by atoms with van der Waals surface area (Å²) in [6.45, 7) is 1.11. The first-order valence-electron chi connectivity index (χ1n) is 9.66. The zero-order valence-corrected chi connectivity index (χ0v) is 18.2. The highest BCUT2D eigenvalue weighted by Crippen LogP contribution is 2.31. The number of hydrogen-bond acceptors (Lipinski definition) is 5. The number of rotatable bonds is 7. The van der Waals surface area contributed by atoms with Gasteiger partial charge in [-0.1, -0.05) is 11.6 Å². The molecule has 9 heteroatoms. The molecule has 0 fully saturated rings. The molecule has 4 aromatic rings. The van der Waals surface area contributed by atoms with Gasteiger partial charge in [-0.2, -0.15) is 0 Å². The van der Waals surface area contributed by atoms with E-state index in [0.29, 0.717) is 52.3 Å². The molecule has 0 aliphatic rings. The van der Waals surface area contributed by atoms with Crippen molar-refractivity contribution in [2.24, 2.45) is 0 Å². The lowest BCUT2D eigenvalue weighted by Crippen LogP contribution is -2.17. The van der Waals surface area contributed by atoms with E-state index < -0.39 is 0 Å². The van der Waals surface area contributed by atoms with Gasteiger partial charge in [-0.3, -0.25) is 4.79 Å². The predicted octanol–water partition coefficient (Wildman–Crippen LogP) is 3.76. The summed E-state index contributed by atoms with van der Waals surface area (Å²) in [6.07, 6.45) is 1.81. The number of carbonyl (C=O) groups excluding carboxylic acids is 1. The average Bonchev–Trinajstić information content (AvgIpc) is 3.41. The molecule has 4 rings (SSSR count). The van der Waals surface area contributed by atoms with Gasteiger partial charge in [0.2, 0.25) is 0 Å². The fourth-order valence-electron chi connectivity index (χ4n) is 3.41. The Balaban J connectivity index is 1.79. The van der Waals surface area contributed by atoms with E-state index in [1.165, 1.54) is 0 Å². The second-order valence-corrected chi connectivity index (χ2v) is 7.25. The molecule has 0 aliphatic carbocycles. The van der Waals surface area contributed by atoms with Crippen molar-refractivity contribution in [1.82, 2.24) is 24.8 Å². The molecule has 1 amide bonds. The van der Waals surface area contributed by atoms with Crippen molar-refractivity contribution in [2.75, 3.05) is 27.9 Å². The van der Waals surface area contributed by atoms with E-state index in [4.69, 9.17) is 31.0 Å². The first-order valence-corrected chi connectivity index (χ1v) is 10.0. The summed E-state index contributed by atoms with van der Waals surface area (Å²) >= 11 is 6.14. The molecule has 31 heavy (non-hydrogen) atoms. The first kappa shape index (κ1) is 20.9. The maximum atomic E-state index is 12.0. The number of hydrogen-bond donors (Lipinski definition) is 2. The maximum absolute atomic E-state index is 12.0. The zero-order chi connectivity index (χ0) is 22.0. The van der Waals surface area contributed by atoms with Gasteiger partial charge in [-0.05, 0) is 36.4 Å². The molecule has 0 saturated heterocycles. The van der Waals surface area contributed by atoms with E-state index in [2.05, 4.69) is 10.3 Å². The molecule has 0 radical (unpaired) electrons. The monoisotopic (exact) mass is 439 g/mol. The minimum absolute atomic E-state index is 0.159. The SMILES string of the molecule is CNC(=O)c1ccc2c(c1)nc(-c1c[nH]c(-c3ccc(Cl)c(OC)c3)n1)n2CCOC. The molecule has 0 aliphatic heterocycles. The molecule has 2 heterocycles. The second-order valence-electron chi connectivity index (χ2n) is 6.85. The lowest BCUT2D eigenvalue weighted by Gasteiger charge is -2.07. The standard InChI is InChI=1S/C22H22ClN5O3/c1-24-22(29)14-5-7-18-16(10-14)27-21(28(18)8-9-30-2)17-12-25-20(26-17)13-4-6-15(23)19(11-13)31-3/h4-7,10-12H,8-9H2,1-3H3,(H,24,29)(H,25,26). The lowest BCUT2D eigenvalue weighted by atomic mass is 10.2. The number of carbonyl (C=O) groups is 1. The lowest BCUT2D eigenvalue weighted by molar-refractivity contribution is 0.0963. The van der Waals surface area contributed by atoms with Crippen molar-refractivity contribution in [3.63, 3.8) is 0 Å². The number of fused-ring (bicyclic) bond motifs is 1. The van der Waals surface area contributed by atoms with Gasteiger partial charge in [0.1, 0.15) is 17.3 Å². The quantitative estimate of drug-likeness (QED) is 0.457. The van der Waals surface area contributed by atoms with E-state index in [0.717, 1.165) is 11.1 Å². The van der Waals surface area contributed by atoms with Crippen molar-refractivity contribution in [3.8, 4) is 28.7 Å². The van der Waals surface area contributed by atoms with Crippen LogP contribution in [0.15, 0.2) is 42.6 Å². The molecule has 0 atom stereocenters. The minimum Gasteiger partial charge on any atom is -0.495 e. The van der Waals surface area contributed by atoms with Gasteiger partial charge in [-0.25, -0.2) is 9.97 Å². The van der Waals surface area contributed by atoms with Crippen LogP contribution in [0.4, 0.5) is 0 Å². The number of nitrogens with zero attached hydrogens (tertiary/aromatic N) is 3. The Morgan fingerprint density at radius 2 is 2.03 bits per heavy atom. The van der Waals surface area contributed by atoms with E-state index in [1.54, 1.807) is 45.7 Å². The minimum atomic E-state index is -0.159. The Labute approximate surface area is 184 Å². The molecule has 0 unspecified atom stereocenters. The van der Waals surface area contributed by atoms with Crippen molar-refractivity contribution in [1.29, 1.82) is 0 Å². The fourth-order valence-corrected chi connectivity index (χ4v) is 3.61. The summed E-state index contributed by atoms with van der Waals surface area (Å²) in [6, 6.07) is 10.9. The van der Waals surface area contributed by atoms with Gasteiger partial charge in [0, 0.05) is 38.0 Å². The van der Waals surface area contributed by atoms with Crippen LogP contribution in [-0.4, -0.2) is 53.3 Å². The topological polar surface area (TPSA) is 94.1 Å². The molecule has 8 nitrogen and oxygen atoms in total. The van der Waals surface area contributed by atoms with Crippen LogP contribution < -0.4 is 10.1 Å². The molecule has 2 N–H and O–H groups in total. The maximum Gasteiger partial charge on any atom is 0.251 e. The molecule has 2 aromatic heterocycles. The van der Waals surface area contributed by atoms with Crippen LogP contribution in [-0.2, 0) is 11.3 Å². The van der Waals surface area contributed by atoms with Crippen molar-refractivity contribution in [2.45, 2.75) is 6.54 Å². The van der Waals surface area contributed by atoms with Crippen LogP contribution in [0.25, 0.3) is 33.9 Å². The third kappa shape index (κ3) is 3.99. The number of ether oxygens (including phenoxy) is 2. The Hall–Kier alpha value is -3.36. The highest BCUT2D eigenvalue weighted by Gasteiger charge is 2.17. The number of methoxy groups -OCH3 is 2. The van der Waals surface area contributed by atoms with E-state index in [1.807, 2.05) is 22.8 Å². The number of nitrogens with one attached hydrogen (secondary N) is 2. The van der Waals surface area contributed by atoms with Gasteiger partial charge in [0.15, 0.2) is 5.82 Å². The average molecular weight is 440 g/mol. The number of H-pyrrole nitrogens is 1. The number of amides is 1. The Morgan fingerprint density at radius 1 is 1.19 bits per heavy atom. The van der Waals surface area contributed by atoms with Crippen LogP contribution in [0.1, 0.15) is 10.4 Å². The number of aromatic nitrogens is 4. The van der Waals surface area contributed by atoms with Gasteiger partial charge >= 0.3 is 0 Å². The third-order valence-electron chi connectivity index (χ3n) is 4.99. The summed E-state index contributed by atoms with van der Waals surface area (Å²) in [5, 5.41) is 3.17. The normalized spacial score (nSPS) is 11.1. The Morgan fingerprint density at radius 3 is 2.77 bits per heavy atom. The molecule has 160 valence electrons. The highest BCUT2D eigenvalue weighted by atomic mass is 35.5. The van der Waals surface area contributed by atoms with Crippen molar-refractivity contribution >= 4 is 28.5 Å². The second kappa shape index (κ2) is 8.79. The van der Waals surface area contributed by atoms with Crippen LogP contribution in [0.3, 0.4) is 0 Å². The van der Waals surface area contributed by atoms with E-state index in [-0.39, 0.29) is 5.91 Å². The molecular formula is C22H22ClN5O3. The van der Waals surface area contributed by atoms with Crippen molar-refractivity contribution in [3.05, 3.63) is 53.2 Å². The van der Waals surface area contributed by atoms with Gasteiger partial charge in [0.25, 0.3) is 5.91 Å². The Bertz CT molecular complexity index is 1250. The predicted molar refractivity (Wildman–Crippen MR) is 120 cm³/mol. The first-order chi connectivity index (χ1) is 15.0. The fraction of sp³-hybridized carbons (Fsp3) is 0.227. The van der Waals surface area contributed by atoms with Gasteiger partial charge in [0.05, 0.1) is 29.8 Å². The Kier molecular flexibility index (Phi) is 5.92. The van der Waals surface area contributed by atoms with E-state index in [9.17, 15) is 4.79 Å². The third-order valence-corrected chi connectivity index (χ3v) is 5.30. The highest BCUT2D eigenvalue weighted by molar-refractivity contribution is 6.32. The summed E-state index contributed by atoms with van der Waals surface area (Å²) in [5.41, 5.74) is 3.68. The molecular weight excluding hydrogens is 418 g/mol. The van der Waals surface area contributed by atoms with Crippen molar-refractivity contribution < 1.29 is 14.3 Å². The molecule has 0 bridgehead atoms.